The predicted octanol–water partition coefficient (Wildman–Crippen LogP) is 10.5. The fourth-order valence-electron chi connectivity index (χ4n) is 5.55. The van der Waals surface area contributed by atoms with E-state index in [9.17, 15) is 0 Å². The Kier molecular flexibility index (Phi) is 6.94. The van der Waals surface area contributed by atoms with Crippen LogP contribution in [0.3, 0.4) is 0 Å². The highest BCUT2D eigenvalue weighted by atomic mass is 14.6. The van der Waals surface area contributed by atoms with Gasteiger partial charge in [-0.1, -0.05) is 133 Å². The normalized spacial score (nSPS) is 11.6. The summed E-state index contributed by atoms with van der Waals surface area (Å²) in [6.07, 6.45) is 16.3. The molecule has 0 amide bonds. The summed E-state index contributed by atoms with van der Waals surface area (Å²) in [5, 5.41) is 4.97. The molecule has 2 nitrogen and oxygen atoms in total. The minimum atomic E-state index is 1.12. The lowest BCUT2D eigenvalue weighted by molar-refractivity contribution is 1.33. The van der Waals surface area contributed by atoms with Gasteiger partial charge in [0, 0.05) is 24.8 Å². The van der Waals surface area contributed by atoms with Crippen molar-refractivity contribution in [3.63, 3.8) is 0 Å². The first-order valence-corrected chi connectivity index (χ1v) is 14.1. The third kappa shape index (κ3) is 5.14. The van der Waals surface area contributed by atoms with Gasteiger partial charge >= 0.3 is 0 Å². The zero-order valence-electron chi connectivity index (χ0n) is 23.1. The van der Waals surface area contributed by atoms with Crippen LogP contribution >= 0.6 is 0 Å². The van der Waals surface area contributed by atoms with Gasteiger partial charge in [0.1, 0.15) is 0 Å². The van der Waals surface area contributed by atoms with Crippen molar-refractivity contribution in [3.8, 4) is 22.3 Å². The fraction of sp³-hybridized carbons (Fsp3) is 0. The summed E-state index contributed by atoms with van der Waals surface area (Å²) >= 11 is 0. The van der Waals surface area contributed by atoms with E-state index in [2.05, 4.69) is 143 Å². The van der Waals surface area contributed by atoms with E-state index < -0.39 is 0 Å². The van der Waals surface area contributed by atoms with Crippen molar-refractivity contribution in [3.05, 3.63) is 168 Å². The third-order valence-corrected chi connectivity index (χ3v) is 7.71. The Morgan fingerprint density at radius 2 is 0.714 bits per heavy atom. The molecule has 42 heavy (non-hydrogen) atoms. The lowest BCUT2D eigenvalue weighted by Crippen LogP contribution is -1.88. The summed E-state index contributed by atoms with van der Waals surface area (Å²) < 4.78 is 0. The highest BCUT2D eigenvalue weighted by molar-refractivity contribution is 6.14. The largest absolute Gasteiger partial charge is 0.264 e. The molecule has 2 heteroatoms. The van der Waals surface area contributed by atoms with E-state index in [-0.39, 0.29) is 0 Å². The number of benzene rings is 5. The van der Waals surface area contributed by atoms with Crippen molar-refractivity contribution in [2.75, 3.05) is 0 Å². The second-order valence-electron chi connectivity index (χ2n) is 10.3. The molecule has 0 bridgehead atoms. The maximum atomic E-state index is 4.25. The maximum absolute atomic E-state index is 4.25. The summed E-state index contributed by atoms with van der Waals surface area (Å²) in [6.45, 7) is 0. The number of hydrogen-bond acceptors (Lipinski definition) is 2. The number of hydrogen-bond donors (Lipinski definition) is 0. The highest BCUT2D eigenvalue weighted by Gasteiger charge is 2.10. The Morgan fingerprint density at radius 3 is 1.05 bits per heavy atom. The van der Waals surface area contributed by atoms with Gasteiger partial charge in [-0.3, -0.25) is 9.97 Å². The van der Waals surface area contributed by atoms with Gasteiger partial charge < -0.3 is 0 Å². The Balaban J connectivity index is 1.25. The topological polar surface area (TPSA) is 25.8 Å². The molecule has 7 aromatic rings. The minimum Gasteiger partial charge on any atom is -0.264 e. The summed E-state index contributed by atoms with van der Waals surface area (Å²) in [7, 11) is 0. The van der Waals surface area contributed by atoms with E-state index >= 15 is 0 Å². The standard InChI is InChI=1S/C40H28N2/c1-2-10-36-35(9-1)39(23-17-29-13-19-31(20-14-29)33-7-5-25-41-27-33)37-11-3-4-12-38(37)40(36)24-18-30-15-21-32(22-16-30)34-8-6-26-42-28-34/h1-28H/b23-17+,24-18+. The first kappa shape index (κ1) is 25.4. The Morgan fingerprint density at radius 1 is 0.333 bits per heavy atom. The molecule has 0 fully saturated rings. The minimum absolute atomic E-state index is 1.12. The van der Waals surface area contributed by atoms with Crippen molar-refractivity contribution >= 4 is 45.8 Å². The van der Waals surface area contributed by atoms with Crippen LogP contribution < -0.4 is 0 Å². The highest BCUT2D eigenvalue weighted by Crippen LogP contribution is 2.35. The summed E-state index contributed by atoms with van der Waals surface area (Å²) in [5.74, 6) is 0. The van der Waals surface area contributed by atoms with Gasteiger partial charge in [0.2, 0.25) is 0 Å². The molecule has 0 N–H and O–H groups in total. The van der Waals surface area contributed by atoms with Crippen molar-refractivity contribution in [2.24, 2.45) is 0 Å². The van der Waals surface area contributed by atoms with Gasteiger partial charge in [-0.25, -0.2) is 0 Å². The molecule has 198 valence electrons. The zero-order chi connectivity index (χ0) is 28.1. The van der Waals surface area contributed by atoms with Crippen LogP contribution in [0.1, 0.15) is 22.3 Å². The van der Waals surface area contributed by atoms with Crippen LogP contribution in [-0.2, 0) is 0 Å². The third-order valence-electron chi connectivity index (χ3n) is 7.71. The second kappa shape index (κ2) is 11.5. The summed E-state index contributed by atoms with van der Waals surface area (Å²) in [5.41, 5.74) is 9.37. The molecule has 2 heterocycles. The van der Waals surface area contributed by atoms with E-state index in [1.807, 2.05) is 24.5 Å². The van der Waals surface area contributed by atoms with Crippen LogP contribution in [0, 0.1) is 0 Å². The SMILES string of the molecule is C(=C\c1c2ccccc2c(/C=C/c2ccc(-c3cccnc3)cc2)c2ccccc12)/c1ccc(-c2cccnc2)cc1. The Hall–Kier alpha value is -5.60. The van der Waals surface area contributed by atoms with Gasteiger partial charge in [0.15, 0.2) is 0 Å². The maximum Gasteiger partial charge on any atom is 0.0346 e. The zero-order valence-corrected chi connectivity index (χ0v) is 23.1. The molecule has 0 radical (unpaired) electrons. The van der Waals surface area contributed by atoms with Crippen LogP contribution in [-0.4, -0.2) is 9.97 Å². The molecule has 5 aromatic carbocycles. The molecule has 0 aliphatic carbocycles. The smallest absolute Gasteiger partial charge is 0.0346 e. The predicted molar refractivity (Wildman–Crippen MR) is 179 cm³/mol. The average Bonchev–Trinajstić information content (AvgIpc) is 3.07. The van der Waals surface area contributed by atoms with Crippen LogP contribution in [0.5, 0.6) is 0 Å². The second-order valence-corrected chi connectivity index (χ2v) is 10.3. The molecular formula is C40H28N2. The van der Waals surface area contributed by atoms with Crippen LogP contribution in [0.25, 0.3) is 68.1 Å². The summed E-state index contributed by atoms with van der Waals surface area (Å²) in [6, 6.07) is 42.8. The first-order chi connectivity index (χ1) is 20.8. The van der Waals surface area contributed by atoms with Crippen LogP contribution in [0.4, 0.5) is 0 Å². The lowest BCUT2D eigenvalue weighted by atomic mass is 9.90. The van der Waals surface area contributed by atoms with E-state index in [1.54, 1.807) is 12.4 Å². The molecule has 0 atom stereocenters. The first-order valence-electron chi connectivity index (χ1n) is 14.1. The Labute approximate surface area is 246 Å². The van der Waals surface area contributed by atoms with E-state index in [0.717, 1.165) is 22.3 Å². The monoisotopic (exact) mass is 536 g/mol. The molecule has 0 saturated carbocycles. The number of fused-ring (bicyclic) bond motifs is 2. The van der Waals surface area contributed by atoms with Crippen LogP contribution in [0.15, 0.2) is 146 Å². The fourth-order valence-corrected chi connectivity index (χ4v) is 5.55. The molecule has 0 aliphatic heterocycles. The van der Waals surface area contributed by atoms with E-state index in [4.69, 9.17) is 0 Å². The van der Waals surface area contributed by atoms with Crippen LogP contribution in [0.2, 0.25) is 0 Å². The number of aromatic nitrogens is 2. The molecule has 0 saturated heterocycles. The molecule has 0 spiro atoms. The van der Waals surface area contributed by atoms with Gasteiger partial charge in [-0.15, -0.1) is 0 Å². The van der Waals surface area contributed by atoms with E-state index in [1.165, 1.54) is 43.8 Å². The van der Waals surface area contributed by atoms with Crippen molar-refractivity contribution in [1.82, 2.24) is 9.97 Å². The number of rotatable bonds is 6. The van der Waals surface area contributed by atoms with Gasteiger partial charge in [-0.05, 0) is 78.2 Å². The summed E-state index contributed by atoms with van der Waals surface area (Å²) in [4.78, 5) is 8.50. The molecule has 2 aromatic heterocycles. The molecule has 0 aliphatic rings. The average molecular weight is 537 g/mol. The molecular weight excluding hydrogens is 508 g/mol. The van der Waals surface area contributed by atoms with Crippen molar-refractivity contribution < 1.29 is 0 Å². The lowest BCUT2D eigenvalue weighted by Gasteiger charge is -2.13. The molecule has 0 unspecified atom stereocenters. The quantitative estimate of drug-likeness (QED) is 0.156. The van der Waals surface area contributed by atoms with Crippen molar-refractivity contribution in [2.45, 2.75) is 0 Å². The number of nitrogens with zero attached hydrogens (tertiary/aromatic N) is 2. The van der Waals surface area contributed by atoms with Gasteiger partial charge in [0.25, 0.3) is 0 Å². The Bertz CT molecular complexity index is 1830. The van der Waals surface area contributed by atoms with Gasteiger partial charge in [0.05, 0.1) is 0 Å². The van der Waals surface area contributed by atoms with Gasteiger partial charge in [-0.2, -0.15) is 0 Å². The van der Waals surface area contributed by atoms with E-state index in [0.29, 0.717) is 0 Å². The van der Waals surface area contributed by atoms with Crippen molar-refractivity contribution in [1.29, 1.82) is 0 Å². The number of pyridine rings is 2. The molecule has 7 rings (SSSR count).